The van der Waals surface area contributed by atoms with E-state index in [1.807, 2.05) is 18.2 Å². The molecule has 1 aromatic carbocycles. The molecule has 0 spiro atoms. The number of halogens is 4. The zero-order chi connectivity index (χ0) is 15.0. The molecule has 0 saturated heterocycles. The van der Waals surface area contributed by atoms with Gasteiger partial charge in [-0.3, -0.25) is 0 Å². The van der Waals surface area contributed by atoms with E-state index in [-0.39, 0.29) is 19.1 Å². The molecule has 0 aliphatic rings. The van der Waals surface area contributed by atoms with Gasteiger partial charge in [-0.05, 0) is 42.9 Å². The standard InChI is InChI=1S/C14H18ClF3O2/c15-13-5-1-3-11(8-13)7-12(9-19)4-2-6-20-10-14(16,17)18/h1,3,5,8,12,19H,2,4,6-7,9-10H2. The van der Waals surface area contributed by atoms with Gasteiger partial charge in [0, 0.05) is 18.2 Å². The van der Waals surface area contributed by atoms with Gasteiger partial charge in [-0.2, -0.15) is 13.2 Å². The van der Waals surface area contributed by atoms with Crippen LogP contribution in [-0.2, 0) is 11.2 Å². The third-order valence-electron chi connectivity index (χ3n) is 2.84. The maximum Gasteiger partial charge on any atom is 0.411 e. The molecule has 1 atom stereocenters. The third kappa shape index (κ3) is 7.72. The van der Waals surface area contributed by atoms with Gasteiger partial charge in [-0.1, -0.05) is 23.7 Å². The normalized spacial score (nSPS) is 13.4. The van der Waals surface area contributed by atoms with Crippen molar-refractivity contribution in [2.45, 2.75) is 25.4 Å². The van der Waals surface area contributed by atoms with E-state index >= 15 is 0 Å². The van der Waals surface area contributed by atoms with Crippen LogP contribution < -0.4 is 0 Å². The Balaban J connectivity index is 2.26. The number of hydrogen-bond donors (Lipinski definition) is 1. The summed E-state index contributed by atoms with van der Waals surface area (Å²) in [5.41, 5.74) is 1.01. The SMILES string of the molecule is OCC(CCCOCC(F)(F)F)Cc1cccc(Cl)c1. The number of benzene rings is 1. The molecule has 0 fully saturated rings. The molecule has 20 heavy (non-hydrogen) atoms. The Morgan fingerprint density at radius 3 is 2.65 bits per heavy atom. The van der Waals surface area contributed by atoms with Gasteiger partial charge in [0.25, 0.3) is 0 Å². The van der Waals surface area contributed by atoms with E-state index in [1.165, 1.54) is 0 Å². The average Bonchev–Trinajstić information content (AvgIpc) is 2.35. The molecule has 0 heterocycles. The first kappa shape index (κ1) is 17.3. The van der Waals surface area contributed by atoms with Crippen molar-refractivity contribution in [1.82, 2.24) is 0 Å². The molecular formula is C14H18ClF3O2. The quantitative estimate of drug-likeness (QED) is 0.739. The maximum absolute atomic E-state index is 11.9. The summed E-state index contributed by atoms with van der Waals surface area (Å²) in [6.07, 6.45) is -2.53. The van der Waals surface area contributed by atoms with E-state index in [9.17, 15) is 18.3 Å². The fourth-order valence-electron chi connectivity index (χ4n) is 1.92. The highest BCUT2D eigenvalue weighted by molar-refractivity contribution is 6.30. The molecule has 0 amide bonds. The number of alkyl halides is 3. The summed E-state index contributed by atoms with van der Waals surface area (Å²) in [7, 11) is 0. The fourth-order valence-corrected chi connectivity index (χ4v) is 2.13. The topological polar surface area (TPSA) is 29.5 Å². The van der Waals surface area contributed by atoms with Gasteiger partial charge in [0.05, 0.1) is 0 Å². The van der Waals surface area contributed by atoms with Crippen LogP contribution in [-0.4, -0.2) is 31.1 Å². The molecule has 0 radical (unpaired) electrons. The second-order valence-corrected chi connectivity index (χ2v) is 5.13. The van der Waals surface area contributed by atoms with E-state index in [2.05, 4.69) is 4.74 Å². The van der Waals surface area contributed by atoms with Crippen molar-refractivity contribution in [1.29, 1.82) is 0 Å². The number of aliphatic hydroxyl groups excluding tert-OH is 1. The Bertz CT molecular complexity index is 396. The van der Waals surface area contributed by atoms with Crippen molar-refractivity contribution in [3.63, 3.8) is 0 Å². The van der Waals surface area contributed by atoms with Gasteiger partial charge in [0.2, 0.25) is 0 Å². The lowest BCUT2D eigenvalue weighted by Gasteiger charge is -2.14. The molecule has 1 N–H and O–H groups in total. The highest BCUT2D eigenvalue weighted by atomic mass is 35.5. The minimum Gasteiger partial charge on any atom is -0.396 e. The zero-order valence-electron chi connectivity index (χ0n) is 11.0. The molecule has 1 unspecified atom stereocenters. The molecule has 0 saturated carbocycles. The first-order valence-electron chi connectivity index (χ1n) is 6.40. The van der Waals surface area contributed by atoms with Crippen molar-refractivity contribution >= 4 is 11.6 Å². The lowest BCUT2D eigenvalue weighted by molar-refractivity contribution is -0.174. The molecule has 114 valence electrons. The van der Waals surface area contributed by atoms with E-state index < -0.39 is 12.8 Å². The Morgan fingerprint density at radius 2 is 2.05 bits per heavy atom. The van der Waals surface area contributed by atoms with Gasteiger partial charge in [-0.25, -0.2) is 0 Å². The minimum absolute atomic E-state index is 0.00273. The average molecular weight is 311 g/mol. The second kappa shape index (κ2) is 8.49. The molecule has 0 bridgehead atoms. The summed E-state index contributed by atoms with van der Waals surface area (Å²) in [5.74, 6) is 0.00273. The molecular weight excluding hydrogens is 293 g/mol. The lowest BCUT2D eigenvalue weighted by atomic mass is 9.96. The molecule has 0 aliphatic heterocycles. The summed E-state index contributed by atoms with van der Waals surface area (Å²) in [4.78, 5) is 0. The second-order valence-electron chi connectivity index (χ2n) is 4.69. The summed E-state index contributed by atoms with van der Waals surface area (Å²) >= 11 is 5.87. The van der Waals surface area contributed by atoms with Crippen molar-refractivity contribution in [3.8, 4) is 0 Å². The smallest absolute Gasteiger partial charge is 0.396 e. The van der Waals surface area contributed by atoms with Crippen molar-refractivity contribution in [2.24, 2.45) is 5.92 Å². The van der Waals surface area contributed by atoms with E-state index in [1.54, 1.807) is 6.07 Å². The van der Waals surface area contributed by atoms with Gasteiger partial charge in [0.15, 0.2) is 0 Å². The maximum atomic E-state index is 11.9. The summed E-state index contributed by atoms with van der Waals surface area (Å²) < 4.78 is 40.1. The summed E-state index contributed by atoms with van der Waals surface area (Å²) in [6, 6.07) is 7.33. The number of aliphatic hydroxyl groups is 1. The highest BCUT2D eigenvalue weighted by Crippen LogP contribution is 2.18. The van der Waals surface area contributed by atoms with E-state index in [0.29, 0.717) is 24.3 Å². The van der Waals surface area contributed by atoms with Crippen LogP contribution in [0.25, 0.3) is 0 Å². The first-order chi connectivity index (χ1) is 9.40. The summed E-state index contributed by atoms with van der Waals surface area (Å²) in [5, 5.41) is 9.92. The number of hydrogen-bond acceptors (Lipinski definition) is 2. The Morgan fingerprint density at radius 1 is 1.30 bits per heavy atom. The van der Waals surface area contributed by atoms with Crippen LogP contribution in [0, 0.1) is 5.92 Å². The van der Waals surface area contributed by atoms with Crippen LogP contribution in [0.15, 0.2) is 24.3 Å². The van der Waals surface area contributed by atoms with Crippen LogP contribution in [0.4, 0.5) is 13.2 Å². The zero-order valence-corrected chi connectivity index (χ0v) is 11.8. The number of rotatable bonds is 8. The highest BCUT2D eigenvalue weighted by Gasteiger charge is 2.27. The predicted molar refractivity (Wildman–Crippen MR) is 71.8 cm³/mol. The van der Waals surface area contributed by atoms with Gasteiger partial charge in [0.1, 0.15) is 6.61 Å². The molecule has 6 heteroatoms. The summed E-state index contributed by atoms with van der Waals surface area (Å²) in [6.45, 7) is -1.18. The fraction of sp³-hybridized carbons (Fsp3) is 0.571. The minimum atomic E-state index is -4.28. The molecule has 1 aromatic rings. The van der Waals surface area contributed by atoms with Crippen LogP contribution in [0.1, 0.15) is 18.4 Å². The molecule has 2 nitrogen and oxygen atoms in total. The number of ether oxygens (including phenoxy) is 1. The molecule has 1 rings (SSSR count). The van der Waals surface area contributed by atoms with Gasteiger partial charge >= 0.3 is 6.18 Å². The van der Waals surface area contributed by atoms with Crippen LogP contribution in [0.2, 0.25) is 5.02 Å². The predicted octanol–water partition coefficient (Wildman–Crippen LogP) is 3.85. The van der Waals surface area contributed by atoms with E-state index in [0.717, 1.165) is 5.56 Å². The Hall–Kier alpha value is -0.780. The Labute approximate surface area is 121 Å². The third-order valence-corrected chi connectivity index (χ3v) is 3.07. The monoisotopic (exact) mass is 310 g/mol. The first-order valence-corrected chi connectivity index (χ1v) is 6.78. The van der Waals surface area contributed by atoms with Crippen LogP contribution in [0.5, 0.6) is 0 Å². The Kier molecular flexibility index (Phi) is 7.34. The van der Waals surface area contributed by atoms with Crippen LogP contribution in [0.3, 0.4) is 0 Å². The van der Waals surface area contributed by atoms with Crippen molar-refractivity contribution in [2.75, 3.05) is 19.8 Å². The van der Waals surface area contributed by atoms with Crippen LogP contribution >= 0.6 is 11.6 Å². The van der Waals surface area contributed by atoms with Gasteiger partial charge in [-0.15, -0.1) is 0 Å². The van der Waals surface area contributed by atoms with Gasteiger partial charge < -0.3 is 9.84 Å². The largest absolute Gasteiger partial charge is 0.411 e. The molecule has 0 aliphatic carbocycles. The van der Waals surface area contributed by atoms with Crippen molar-refractivity contribution < 1.29 is 23.0 Å². The van der Waals surface area contributed by atoms with Crippen molar-refractivity contribution in [3.05, 3.63) is 34.9 Å². The van der Waals surface area contributed by atoms with E-state index in [4.69, 9.17) is 11.6 Å². The lowest BCUT2D eigenvalue weighted by Crippen LogP contribution is -2.18. The molecule has 0 aromatic heterocycles.